The molecule has 1 unspecified atom stereocenters. The van der Waals surface area contributed by atoms with Gasteiger partial charge in [-0.2, -0.15) is 0 Å². The van der Waals surface area contributed by atoms with Gasteiger partial charge in [-0.3, -0.25) is 9.69 Å². The highest BCUT2D eigenvalue weighted by Crippen LogP contribution is 2.56. The molecule has 20 heavy (non-hydrogen) atoms. The SMILES string of the molecule is O=C1OC(N2C(=O)[C@H]3[C@@H]2[C@H]2C=C[C@H]3C2)c2ccccc21. The first-order valence-corrected chi connectivity index (χ1v) is 7.06. The average Bonchev–Trinajstić information content (AvgIpc) is 3.12. The number of likely N-dealkylation sites (tertiary alicyclic amines) is 1. The Morgan fingerprint density at radius 3 is 2.80 bits per heavy atom. The maximum Gasteiger partial charge on any atom is 0.340 e. The third-order valence-electron chi connectivity index (χ3n) is 5.20. The molecule has 100 valence electrons. The van der Waals surface area contributed by atoms with Crippen molar-refractivity contribution in [3.8, 4) is 0 Å². The van der Waals surface area contributed by atoms with Gasteiger partial charge in [0.15, 0.2) is 0 Å². The van der Waals surface area contributed by atoms with Crippen molar-refractivity contribution in [3.63, 3.8) is 0 Å². The zero-order valence-corrected chi connectivity index (χ0v) is 10.7. The fourth-order valence-corrected chi connectivity index (χ4v) is 4.35. The molecular formula is C16H13NO3. The van der Waals surface area contributed by atoms with E-state index in [0.717, 1.165) is 12.0 Å². The van der Waals surface area contributed by atoms with Crippen molar-refractivity contribution in [1.29, 1.82) is 0 Å². The van der Waals surface area contributed by atoms with E-state index < -0.39 is 6.23 Å². The van der Waals surface area contributed by atoms with Gasteiger partial charge in [0.05, 0.1) is 17.5 Å². The van der Waals surface area contributed by atoms with E-state index in [2.05, 4.69) is 12.2 Å². The van der Waals surface area contributed by atoms with Crippen LogP contribution in [0.3, 0.4) is 0 Å². The standard InChI is InChI=1S/C16H13NO3/c18-14-12-8-5-6-9(7-8)13(12)17(14)15-10-3-1-2-4-11(10)16(19)20-15/h1-6,8-9,12-13,15H,7H2/t8-,9-,12+,13-,15?/m0/s1. The van der Waals surface area contributed by atoms with Gasteiger partial charge < -0.3 is 4.74 Å². The van der Waals surface area contributed by atoms with E-state index in [0.29, 0.717) is 17.4 Å². The lowest BCUT2D eigenvalue weighted by molar-refractivity contribution is -0.176. The summed E-state index contributed by atoms with van der Waals surface area (Å²) < 4.78 is 5.46. The van der Waals surface area contributed by atoms with E-state index in [4.69, 9.17) is 4.74 Å². The molecule has 4 heteroatoms. The Morgan fingerprint density at radius 1 is 1.10 bits per heavy atom. The smallest absolute Gasteiger partial charge is 0.340 e. The second-order valence-corrected chi connectivity index (χ2v) is 6.06. The number of amides is 1. The molecule has 2 aliphatic carbocycles. The van der Waals surface area contributed by atoms with Crippen LogP contribution in [0.15, 0.2) is 36.4 Å². The fraction of sp³-hybridized carbons (Fsp3) is 0.375. The van der Waals surface area contributed by atoms with Crippen LogP contribution in [0.2, 0.25) is 0 Å². The molecule has 2 bridgehead atoms. The number of fused-ring (bicyclic) bond motifs is 6. The lowest BCUT2D eigenvalue weighted by atomic mass is 9.78. The van der Waals surface area contributed by atoms with Crippen molar-refractivity contribution in [1.82, 2.24) is 4.90 Å². The van der Waals surface area contributed by atoms with Crippen LogP contribution in [-0.4, -0.2) is 22.8 Å². The predicted octanol–water partition coefficient (Wildman–Crippen LogP) is 1.89. The number of cyclic esters (lactones) is 1. The lowest BCUT2D eigenvalue weighted by Gasteiger charge is -2.50. The number of rotatable bonds is 1. The molecule has 0 spiro atoms. The fourth-order valence-electron chi connectivity index (χ4n) is 4.35. The Labute approximate surface area is 116 Å². The summed E-state index contributed by atoms with van der Waals surface area (Å²) in [6.07, 6.45) is 4.95. The second kappa shape index (κ2) is 3.32. The normalized spacial score (nSPS) is 39.6. The van der Waals surface area contributed by atoms with Crippen LogP contribution in [0.1, 0.15) is 28.6 Å². The molecule has 1 aromatic rings. The van der Waals surface area contributed by atoms with Crippen LogP contribution in [-0.2, 0) is 9.53 Å². The lowest BCUT2D eigenvalue weighted by Crippen LogP contribution is -2.63. The Bertz CT molecular complexity index is 680. The van der Waals surface area contributed by atoms with Gasteiger partial charge in [0.25, 0.3) is 0 Å². The van der Waals surface area contributed by atoms with E-state index in [1.165, 1.54) is 0 Å². The highest BCUT2D eigenvalue weighted by atomic mass is 16.6. The van der Waals surface area contributed by atoms with Crippen molar-refractivity contribution in [2.45, 2.75) is 18.7 Å². The number of benzene rings is 1. The van der Waals surface area contributed by atoms with Gasteiger partial charge in [0.1, 0.15) is 0 Å². The minimum Gasteiger partial charge on any atom is -0.433 e. The summed E-state index contributed by atoms with van der Waals surface area (Å²) in [5, 5.41) is 0. The molecule has 0 radical (unpaired) electrons. The topological polar surface area (TPSA) is 46.6 Å². The quantitative estimate of drug-likeness (QED) is 0.443. The number of carbonyl (C=O) groups is 2. The predicted molar refractivity (Wildman–Crippen MR) is 69.5 cm³/mol. The van der Waals surface area contributed by atoms with Gasteiger partial charge in [0, 0.05) is 5.56 Å². The van der Waals surface area contributed by atoms with Crippen molar-refractivity contribution >= 4 is 11.9 Å². The third-order valence-corrected chi connectivity index (χ3v) is 5.20. The minimum absolute atomic E-state index is 0.122. The molecule has 2 aliphatic heterocycles. The molecule has 2 fully saturated rings. The molecule has 4 aliphatic rings. The van der Waals surface area contributed by atoms with Gasteiger partial charge in [-0.05, 0) is 24.3 Å². The van der Waals surface area contributed by atoms with Crippen LogP contribution in [0, 0.1) is 17.8 Å². The van der Waals surface area contributed by atoms with E-state index in [1.54, 1.807) is 11.0 Å². The summed E-state index contributed by atoms with van der Waals surface area (Å²) in [6, 6.07) is 7.58. The maximum absolute atomic E-state index is 12.4. The molecule has 1 amide bonds. The first-order chi connectivity index (χ1) is 9.75. The van der Waals surface area contributed by atoms with E-state index in [9.17, 15) is 9.59 Å². The molecule has 2 heterocycles. The largest absolute Gasteiger partial charge is 0.433 e. The first-order valence-electron chi connectivity index (χ1n) is 7.06. The van der Waals surface area contributed by atoms with Gasteiger partial charge >= 0.3 is 5.97 Å². The summed E-state index contributed by atoms with van der Waals surface area (Å²) in [5.74, 6) is 0.786. The Morgan fingerprint density at radius 2 is 1.90 bits per heavy atom. The number of allylic oxidation sites excluding steroid dienone is 1. The Kier molecular flexibility index (Phi) is 1.77. The van der Waals surface area contributed by atoms with Crippen molar-refractivity contribution < 1.29 is 14.3 Å². The van der Waals surface area contributed by atoms with Crippen molar-refractivity contribution in [3.05, 3.63) is 47.5 Å². The third kappa shape index (κ3) is 1.05. The van der Waals surface area contributed by atoms with Crippen LogP contribution >= 0.6 is 0 Å². The van der Waals surface area contributed by atoms with Crippen LogP contribution in [0.5, 0.6) is 0 Å². The van der Waals surface area contributed by atoms with Crippen LogP contribution in [0.4, 0.5) is 0 Å². The van der Waals surface area contributed by atoms with Crippen LogP contribution < -0.4 is 0 Å². The summed E-state index contributed by atoms with van der Waals surface area (Å²) in [5.41, 5.74) is 1.42. The number of hydrogen-bond donors (Lipinski definition) is 0. The maximum atomic E-state index is 12.4. The highest BCUT2D eigenvalue weighted by molar-refractivity contribution is 5.95. The Balaban J connectivity index is 1.55. The van der Waals surface area contributed by atoms with Crippen LogP contribution in [0.25, 0.3) is 0 Å². The van der Waals surface area contributed by atoms with Gasteiger partial charge in [-0.1, -0.05) is 30.4 Å². The Hall–Kier alpha value is -2.10. The van der Waals surface area contributed by atoms with Gasteiger partial charge in [-0.25, -0.2) is 4.79 Å². The number of ether oxygens (including phenoxy) is 1. The zero-order chi connectivity index (χ0) is 13.4. The highest BCUT2D eigenvalue weighted by Gasteiger charge is 2.63. The molecule has 4 nitrogen and oxygen atoms in total. The molecule has 0 aromatic heterocycles. The summed E-state index contributed by atoms with van der Waals surface area (Å²) >= 11 is 0. The number of esters is 1. The monoisotopic (exact) mass is 267 g/mol. The van der Waals surface area contributed by atoms with E-state index in [-0.39, 0.29) is 23.8 Å². The molecule has 0 N–H and O–H groups in total. The molecule has 5 atom stereocenters. The number of carbonyl (C=O) groups excluding carboxylic acids is 2. The molecule has 1 saturated heterocycles. The second-order valence-electron chi connectivity index (χ2n) is 6.06. The summed E-state index contributed by atoms with van der Waals surface area (Å²) in [4.78, 5) is 26.1. The number of nitrogens with zero attached hydrogens (tertiary/aromatic N) is 1. The average molecular weight is 267 g/mol. The molecule has 5 rings (SSSR count). The molecular weight excluding hydrogens is 254 g/mol. The summed E-state index contributed by atoms with van der Waals surface area (Å²) in [6.45, 7) is 0. The van der Waals surface area contributed by atoms with Crippen molar-refractivity contribution in [2.24, 2.45) is 17.8 Å². The van der Waals surface area contributed by atoms with E-state index >= 15 is 0 Å². The number of β-lactam (4-membered cyclic amide) rings is 1. The molecule has 1 saturated carbocycles. The van der Waals surface area contributed by atoms with E-state index in [1.807, 2.05) is 18.2 Å². The minimum atomic E-state index is -0.514. The first kappa shape index (κ1) is 10.7. The summed E-state index contributed by atoms with van der Waals surface area (Å²) in [7, 11) is 0. The zero-order valence-electron chi connectivity index (χ0n) is 10.7. The van der Waals surface area contributed by atoms with Gasteiger partial charge in [-0.15, -0.1) is 0 Å². The molecule has 1 aromatic carbocycles. The van der Waals surface area contributed by atoms with Gasteiger partial charge in [0.2, 0.25) is 12.1 Å². The number of hydrogen-bond acceptors (Lipinski definition) is 3. The van der Waals surface area contributed by atoms with Crippen molar-refractivity contribution in [2.75, 3.05) is 0 Å².